The standard InChI is InChI=1S/C37H72O4/c1-3-4-5-6-7-8-9-10-11-12-13-14-15-16-17-22-25-28-31-34-37(40)41-35(2)32-29-26-23-20-18-19-21-24-27-30-33-36(38)39/h35H,3-34H2,1-2H3,(H,38,39). The second-order valence-electron chi connectivity index (χ2n) is 12.9. The normalized spacial score (nSPS) is 12.0. The van der Waals surface area contributed by atoms with Crippen molar-refractivity contribution in [1.82, 2.24) is 0 Å². The first-order chi connectivity index (χ1) is 20.1. The minimum Gasteiger partial charge on any atom is -0.481 e. The average Bonchev–Trinajstić information content (AvgIpc) is 2.94. The Kier molecular flexibility index (Phi) is 32.6. The molecule has 0 aromatic carbocycles. The van der Waals surface area contributed by atoms with Crippen LogP contribution in [-0.2, 0) is 14.3 Å². The Labute approximate surface area is 256 Å². The molecule has 0 aliphatic carbocycles. The molecule has 0 amide bonds. The van der Waals surface area contributed by atoms with Crippen molar-refractivity contribution in [2.24, 2.45) is 0 Å². The van der Waals surface area contributed by atoms with Crippen LogP contribution in [0, 0.1) is 0 Å². The van der Waals surface area contributed by atoms with Crippen LogP contribution in [0.15, 0.2) is 0 Å². The maximum Gasteiger partial charge on any atom is 0.306 e. The van der Waals surface area contributed by atoms with Gasteiger partial charge in [-0.15, -0.1) is 0 Å². The molecule has 0 spiro atoms. The van der Waals surface area contributed by atoms with Crippen molar-refractivity contribution < 1.29 is 19.4 Å². The van der Waals surface area contributed by atoms with E-state index in [1.165, 1.54) is 148 Å². The number of rotatable bonds is 34. The molecule has 4 nitrogen and oxygen atoms in total. The number of unbranched alkanes of at least 4 members (excludes halogenated alkanes) is 27. The molecular weight excluding hydrogens is 508 g/mol. The van der Waals surface area contributed by atoms with E-state index in [4.69, 9.17) is 9.84 Å². The van der Waals surface area contributed by atoms with Crippen molar-refractivity contribution >= 4 is 11.9 Å². The van der Waals surface area contributed by atoms with Gasteiger partial charge in [-0.1, -0.05) is 174 Å². The highest BCUT2D eigenvalue weighted by atomic mass is 16.5. The molecule has 244 valence electrons. The summed E-state index contributed by atoms with van der Waals surface area (Å²) in [4.78, 5) is 22.6. The zero-order valence-electron chi connectivity index (χ0n) is 27.9. The molecule has 1 atom stereocenters. The van der Waals surface area contributed by atoms with Crippen molar-refractivity contribution in [1.29, 1.82) is 0 Å². The fourth-order valence-electron chi connectivity index (χ4n) is 5.81. The second-order valence-corrected chi connectivity index (χ2v) is 12.9. The lowest BCUT2D eigenvalue weighted by molar-refractivity contribution is -0.148. The van der Waals surface area contributed by atoms with E-state index in [0.717, 1.165) is 44.9 Å². The Morgan fingerprint density at radius 3 is 1.10 bits per heavy atom. The number of carboxylic acid groups (broad SMARTS) is 1. The van der Waals surface area contributed by atoms with Crippen LogP contribution in [0.25, 0.3) is 0 Å². The van der Waals surface area contributed by atoms with Gasteiger partial charge in [0.2, 0.25) is 0 Å². The number of carboxylic acids is 1. The Morgan fingerprint density at radius 1 is 0.463 bits per heavy atom. The highest BCUT2D eigenvalue weighted by Crippen LogP contribution is 2.16. The summed E-state index contributed by atoms with van der Waals surface area (Å²) < 4.78 is 5.62. The first-order valence-corrected chi connectivity index (χ1v) is 18.5. The maximum absolute atomic E-state index is 12.1. The van der Waals surface area contributed by atoms with E-state index >= 15 is 0 Å². The first kappa shape index (κ1) is 39.9. The average molecular weight is 581 g/mol. The van der Waals surface area contributed by atoms with Gasteiger partial charge in [-0.05, 0) is 32.6 Å². The Balaban J connectivity index is 3.27. The number of esters is 1. The van der Waals surface area contributed by atoms with E-state index in [0.29, 0.717) is 12.8 Å². The molecule has 0 aromatic rings. The molecule has 0 rings (SSSR count). The molecule has 0 radical (unpaired) electrons. The molecule has 0 bridgehead atoms. The lowest BCUT2D eigenvalue weighted by atomic mass is 10.0. The van der Waals surface area contributed by atoms with Crippen molar-refractivity contribution in [2.75, 3.05) is 0 Å². The summed E-state index contributed by atoms with van der Waals surface area (Å²) in [6, 6.07) is 0. The molecule has 0 fully saturated rings. The van der Waals surface area contributed by atoms with Gasteiger partial charge in [0.15, 0.2) is 0 Å². The van der Waals surface area contributed by atoms with E-state index in [2.05, 4.69) is 6.92 Å². The number of carbonyl (C=O) groups is 2. The molecule has 0 aliphatic rings. The third-order valence-corrected chi connectivity index (χ3v) is 8.57. The van der Waals surface area contributed by atoms with Gasteiger partial charge in [-0.3, -0.25) is 9.59 Å². The van der Waals surface area contributed by atoms with E-state index in [9.17, 15) is 9.59 Å². The highest BCUT2D eigenvalue weighted by Gasteiger charge is 2.09. The van der Waals surface area contributed by atoms with Crippen LogP contribution < -0.4 is 0 Å². The summed E-state index contributed by atoms with van der Waals surface area (Å²) in [5.41, 5.74) is 0. The number of ether oxygens (including phenoxy) is 1. The van der Waals surface area contributed by atoms with E-state index < -0.39 is 5.97 Å². The topological polar surface area (TPSA) is 63.6 Å². The molecule has 1 N–H and O–H groups in total. The third-order valence-electron chi connectivity index (χ3n) is 8.57. The van der Waals surface area contributed by atoms with Gasteiger partial charge >= 0.3 is 11.9 Å². The molecule has 0 heterocycles. The molecular formula is C37H72O4. The summed E-state index contributed by atoms with van der Waals surface area (Å²) in [5, 5.41) is 8.64. The van der Waals surface area contributed by atoms with Crippen LogP contribution >= 0.6 is 0 Å². The van der Waals surface area contributed by atoms with Gasteiger partial charge in [0.25, 0.3) is 0 Å². The largest absolute Gasteiger partial charge is 0.481 e. The van der Waals surface area contributed by atoms with Crippen molar-refractivity contribution in [3.05, 3.63) is 0 Å². The van der Waals surface area contributed by atoms with E-state index in [-0.39, 0.29) is 12.1 Å². The quantitative estimate of drug-likeness (QED) is 0.0607. The Morgan fingerprint density at radius 2 is 0.756 bits per heavy atom. The van der Waals surface area contributed by atoms with Crippen LogP contribution in [0.1, 0.15) is 219 Å². The SMILES string of the molecule is CCCCCCCCCCCCCCCCCCCCCC(=O)OC(C)CCCCCCCCCCCCC(=O)O. The van der Waals surface area contributed by atoms with Crippen LogP contribution in [0.5, 0.6) is 0 Å². The lowest BCUT2D eigenvalue weighted by Gasteiger charge is -2.13. The summed E-state index contributed by atoms with van der Waals surface area (Å²) in [5.74, 6) is -0.683. The summed E-state index contributed by atoms with van der Waals surface area (Å²) in [7, 11) is 0. The first-order valence-electron chi connectivity index (χ1n) is 18.5. The number of hydrogen-bond donors (Lipinski definition) is 1. The molecule has 0 aromatic heterocycles. The lowest BCUT2D eigenvalue weighted by Crippen LogP contribution is -2.14. The molecule has 1 unspecified atom stereocenters. The zero-order valence-corrected chi connectivity index (χ0v) is 27.9. The maximum atomic E-state index is 12.1. The van der Waals surface area contributed by atoms with Gasteiger partial charge in [-0.25, -0.2) is 0 Å². The highest BCUT2D eigenvalue weighted by molar-refractivity contribution is 5.69. The number of aliphatic carboxylic acids is 1. The molecule has 4 heteroatoms. The Bertz CT molecular complexity index is 547. The van der Waals surface area contributed by atoms with E-state index in [1.807, 2.05) is 6.92 Å². The molecule has 41 heavy (non-hydrogen) atoms. The van der Waals surface area contributed by atoms with Crippen molar-refractivity contribution in [2.45, 2.75) is 225 Å². The fraction of sp³-hybridized carbons (Fsp3) is 0.946. The Hall–Kier alpha value is -1.06. The minimum atomic E-state index is -0.676. The number of hydrogen-bond acceptors (Lipinski definition) is 3. The van der Waals surface area contributed by atoms with Crippen LogP contribution in [-0.4, -0.2) is 23.1 Å². The van der Waals surface area contributed by atoms with Crippen molar-refractivity contribution in [3.63, 3.8) is 0 Å². The predicted octanol–water partition coefficient (Wildman–Crippen LogP) is 12.5. The second kappa shape index (κ2) is 33.4. The smallest absolute Gasteiger partial charge is 0.306 e. The zero-order chi connectivity index (χ0) is 30.1. The molecule has 0 saturated heterocycles. The van der Waals surface area contributed by atoms with E-state index in [1.54, 1.807) is 0 Å². The number of carbonyl (C=O) groups excluding carboxylic acids is 1. The predicted molar refractivity (Wildman–Crippen MR) is 177 cm³/mol. The van der Waals surface area contributed by atoms with Crippen LogP contribution in [0.3, 0.4) is 0 Å². The van der Waals surface area contributed by atoms with Crippen LogP contribution in [0.4, 0.5) is 0 Å². The summed E-state index contributed by atoms with van der Waals surface area (Å²) >= 11 is 0. The molecule has 0 saturated carbocycles. The monoisotopic (exact) mass is 581 g/mol. The van der Waals surface area contributed by atoms with Gasteiger partial charge in [0.1, 0.15) is 0 Å². The van der Waals surface area contributed by atoms with Crippen LogP contribution in [0.2, 0.25) is 0 Å². The third kappa shape index (κ3) is 35.0. The summed E-state index contributed by atoms with van der Waals surface area (Å²) in [6.45, 7) is 4.33. The van der Waals surface area contributed by atoms with Gasteiger partial charge in [-0.2, -0.15) is 0 Å². The summed E-state index contributed by atoms with van der Waals surface area (Å²) in [6.07, 6.45) is 39.7. The van der Waals surface area contributed by atoms with Gasteiger partial charge in [0, 0.05) is 12.8 Å². The fourth-order valence-corrected chi connectivity index (χ4v) is 5.81. The minimum absolute atomic E-state index is 0.00664. The van der Waals surface area contributed by atoms with Gasteiger partial charge in [0.05, 0.1) is 6.10 Å². The molecule has 0 aliphatic heterocycles. The van der Waals surface area contributed by atoms with Gasteiger partial charge < -0.3 is 9.84 Å². The van der Waals surface area contributed by atoms with Crippen molar-refractivity contribution in [3.8, 4) is 0 Å².